The summed E-state index contributed by atoms with van der Waals surface area (Å²) < 4.78 is 12.8. The molecular weight excluding hydrogens is 412 g/mol. The molecule has 1 aromatic carbocycles. The number of carboxylic acid groups (broad SMARTS) is 1. The smallest absolute Gasteiger partial charge is 0.303 e. The first-order valence-electron chi connectivity index (χ1n) is 9.76. The molecule has 9 nitrogen and oxygen atoms in total. The molecule has 2 aliphatic rings. The van der Waals surface area contributed by atoms with Gasteiger partial charge in [-0.2, -0.15) is 0 Å². The summed E-state index contributed by atoms with van der Waals surface area (Å²) in [6.45, 7) is 0. The highest BCUT2D eigenvalue weighted by Gasteiger charge is 2.45. The first-order valence-corrected chi connectivity index (χ1v) is 11.1. The molecule has 2 atom stereocenters. The summed E-state index contributed by atoms with van der Waals surface area (Å²) >= 11 is 0. The molecule has 0 aromatic heterocycles. The van der Waals surface area contributed by atoms with Crippen molar-refractivity contribution in [2.75, 3.05) is 5.75 Å². The van der Waals surface area contributed by atoms with E-state index >= 15 is 0 Å². The molecule has 2 N–H and O–H groups in total. The largest absolute Gasteiger partial charge is 0.481 e. The maximum Gasteiger partial charge on any atom is 0.303 e. The van der Waals surface area contributed by atoms with Gasteiger partial charge in [-0.05, 0) is 31.4 Å². The second-order valence-electron chi connectivity index (χ2n) is 7.23. The maximum absolute atomic E-state index is 13.0. The Balaban J connectivity index is 1.70. The number of carbonyl (C=O) groups excluding carboxylic acids is 4. The van der Waals surface area contributed by atoms with Crippen LogP contribution in [-0.2, 0) is 25.2 Å². The minimum absolute atomic E-state index is 0.0322. The van der Waals surface area contributed by atoms with Crippen LogP contribution in [-0.4, -0.2) is 55.6 Å². The van der Waals surface area contributed by atoms with Crippen LogP contribution in [0.2, 0.25) is 0 Å². The number of carbonyl (C=O) groups is 5. The summed E-state index contributed by atoms with van der Waals surface area (Å²) in [5.41, 5.74) is 0.161. The SMILES string of the molecule is O=C(O)CCCCCCS(=O)c1cccc2c1C(=O)N(C1CCC(=O)NC1=O)C2=O. The van der Waals surface area contributed by atoms with E-state index in [1.807, 2.05) is 0 Å². The molecule has 4 amide bonds. The molecule has 0 radical (unpaired) electrons. The topological polar surface area (TPSA) is 138 Å². The van der Waals surface area contributed by atoms with Crippen LogP contribution in [0.25, 0.3) is 0 Å². The number of amides is 4. The molecule has 3 rings (SSSR count). The highest BCUT2D eigenvalue weighted by molar-refractivity contribution is 7.85. The third kappa shape index (κ3) is 4.48. The van der Waals surface area contributed by atoms with Crippen LogP contribution in [0.5, 0.6) is 0 Å². The van der Waals surface area contributed by atoms with Crippen LogP contribution in [0.15, 0.2) is 23.1 Å². The Kier molecular flexibility index (Phi) is 6.76. The zero-order chi connectivity index (χ0) is 21.8. The Bertz CT molecular complexity index is 943. The predicted molar refractivity (Wildman–Crippen MR) is 105 cm³/mol. The van der Waals surface area contributed by atoms with E-state index in [1.165, 1.54) is 6.07 Å². The summed E-state index contributed by atoms with van der Waals surface area (Å²) in [6, 6.07) is 3.50. The van der Waals surface area contributed by atoms with Crippen molar-refractivity contribution in [2.24, 2.45) is 0 Å². The van der Waals surface area contributed by atoms with Crippen LogP contribution >= 0.6 is 0 Å². The standard InChI is InChI=1S/C20H22N2O7S/c23-15-10-9-13(18(26)21-15)22-19(27)12-6-5-7-14(17(12)20(22)28)30(29)11-4-2-1-3-8-16(24)25/h5-7,13H,1-4,8-11H2,(H,24,25)(H,21,23,26). The summed E-state index contributed by atoms with van der Waals surface area (Å²) in [5, 5.41) is 10.8. The molecule has 1 saturated heterocycles. The Labute approximate surface area is 175 Å². The Hall–Kier alpha value is -2.88. The number of benzene rings is 1. The maximum atomic E-state index is 13.0. The predicted octanol–water partition coefficient (Wildman–Crippen LogP) is 1.23. The number of aliphatic carboxylic acids is 1. The van der Waals surface area contributed by atoms with Crippen LogP contribution in [0.3, 0.4) is 0 Å². The third-order valence-corrected chi connectivity index (χ3v) is 6.64. The van der Waals surface area contributed by atoms with E-state index in [-0.39, 0.29) is 41.0 Å². The summed E-state index contributed by atoms with van der Waals surface area (Å²) in [4.78, 5) is 60.9. The Morgan fingerprint density at radius 3 is 2.53 bits per heavy atom. The van der Waals surface area contributed by atoms with Crippen molar-refractivity contribution in [3.63, 3.8) is 0 Å². The van der Waals surface area contributed by atoms with E-state index in [2.05, 4.69) is 5.32 Å². The minimum Gasteiger partial charge on any atom is -0.481 e. The van der Waals surface area contributed by atoms with Gasteiger partial charge in [-0.15, -0.1) is 0 Å². The van der Waals surface area contributed by atoms with E-state index in [0.717, 1.165) is 4.90 Å². The number of unbranched alkanes of at least 4 members (excludes halogenated alkanes) is 3. The fraction of sp³-hybridized carbons (Fsp3) is 0.450. The average Bonchev–Trinajstić information content (AvgIpc) is 2.95. The van der Waals surface area contributed by atoms with Crippen LogP contribution in [0.4, 0.5) is 0 Å². The lowest BCUT2D eigenvalue weighted by atomic mass is 10.0. The molecule has 160 valence electrons. The van der Waals surface area contributed by atoms with Gasteiger partial charge in [0, 0.05) is 18.6 Å². The van der Waals surface area contributed by atoms with Crippen molar-refractivity contribution >= 4 is 40.4 Å². The van der Waals surface area contributed by atoms with Crippen molar-refractivity contribution in [1.82, 2.24) is 10.2 Å². The molecule has 10 heteroatoms. The number of carboxylic acids is 1. The highest BCUT2D eigenvalue weighted by Crippen LogP contribution is 2.31. The van der Waals surface area contributed by atoms with Crippen molar-refractivity contribution in [2.45, 2.75) is 55.9 Å². The minimum atomic E-state index is -1.52. The Morgan fingerprint density at radius 1 is 1.10 bits per heavy atom. The van der Waals surface area contributed by atoms with Gasteiger partial charge < -0.3 is 5.11 Å². The van der Waals surface area contributed by atoms with Crippen molar-refractivity contribution in [3.05, 3.63) is 29.3 Å². The first-order chi connectivity index (χ1) is 14.3. The molecule has 1 aromatic rings. The molecule has 0 bridgehead atoms. The van der Waals surface area contributed by atoms with Gasteiger partial charge >= 0.3 is 5.97 Å². The van der Waals surface area contributed by atoms with Crippen LogP contribution in [0, 0.1) is 0 Å². The van der Waals surface area contributed by atoms with Gasteiger partial charge in [-0.1, -0.05) is 18.9 Å². The van der Waals surface area contributed by atoms with E-state index in [1.54, 1.807) is 12.1 Å². The lowest BCUT2D eigenvalue weighted by Gasteiger charge is -2.27. The van der Waals surface area contributed by atoms with Crippen molar-refractivity contribution in [1.29, 1.82) is 0 Å². The van der Waals surface area contributed by atoms with Gasteiger partial charge in [0.15, 0.2) is 0 Å². The van der Waals surface area contributed by atoms with Gasteiger partial charge in [-0.25, -0.2) is 0 Å². The number of piperidine rings is 1. The number of nitrogens with zero attached hydrogens (tertiary/aromatic N) is 1. The van der Waals surface area contributed by atoms with Crippen LogP contribution < -0.4 is 5.32 Å². The molecule has 2 unspecified atom stereocenters. The number of fused-ring (bicyclic) bond motifs is 1. The van der Waals surface area contributed by atoms with E-state index < -0.39 is 46.4 Å². The van der Waals surface area contributed by atoms with E-state index in [4.69, 9.17) is 5.11 Å². The van der Waals surface area contributed by atoms with Gasteiger partial charge in [-0.3, -0.25) is 38.4 Å². The molecule has 0 aliphatic carbocycles. The molecular formula is C20H22N2O7S. The van der Waals surface area contributed by atoms with Crippen molar-refractivity contribution in [3.8, 4) is 0 Å². The number of rotatable bonds is 9. The fourth-order valence-corrected chi connectivity index (χ4v) is 4.99. The third-order valence-electron chi connectivity index (χ3n) is 5.15. The van der Waals surface area contributed by atoms with E-state index in [9.17, 15) is 28.2 Å². The Morgan fingerprint density at radius 2 is 1.83 bits per heavy atom. The monoisotopic (exact) mass is 434 g/mol. The quantitative estimate of drug-likeness (QED) is 0.440. The number of hydrogen-bond donors (Lipinski definition) is 2. The molecule has 2 aliphatic heterocycles. The number of imide groups is 2. The summed E-state index contributed by atoms with van der Waals surface area (Å²) in [5.74, 6) is -3.00. The lowest BCUT2D eigenvalue weighted by molar-refractivity contribution is -0.138. The molecule has 2 heterocycles. The molecule has 0 spiro atoms. The molecule has 30 heavy (non-hydrogen) atoms. The molecule has 0 saturated carbocycles. The average molecular weight is 434 g/mol. The fourth-order valence-electron chi connectivity index (χ4n) is 3.65. The van der Waals surface area contributed by atoms with Gasteiger partial charge in [0.1, 0.15) is 6.04 Å². The highest BCUT2D eigenvalue weighted by atomic mass is 32.2. The van der Waals surface area contributed by atoms with Gasteiger partial charge in [0.25, 0.3) is 11.8 Å². The summed E-state index contributed by atoms with van der Waals surface area (Å²) in [6.07, 6.45) is 2.75. The van der Waals surface area contributed by atoms with Crippen LogP contribution in [0.1, 0.15) is 65.7 Å². The second kappa shape index (κ2) is 9.29. The zero-order valence-electron chi connectivity index (χ0n) is 16.2. The van der Waals surface area contributed by atoms with Gasteiger partial charge in [0.2, 0.25) is 11.8 Å². The second-order valence-corrected chi connectivity index (χ2v) is 8.77. The number of hydrogen-bond acceptors (Lipinski definition) is 6. The van der Waals surface area contributed by atoms with Gasteiger partial charge in [0.05, 0.1) is 26.8 Å². The van der Waals surface area contributed by atoms with Crippen molar-refractivity contribution < 1.29 is 33.3 Å². The lowest BCUT2D eigenvalue weighted by Crippen LogP contribution is -2.54. The first kappa shape index (κ1) is 21.8. The normalized spacial score (nSPS) is 19.6. The van der Waals surface area contributed by atoms with E-state index in [0.29, 0.717) is 25.7 Å². The molecule has 1 fully saturated rings. The number of nitrogens with one attached hydrogen (secondary N) is 1. The summed E-state index contributed by atoms with van der Waals surface area (Å²) in [7, 11) is -1.52. The zero-order valence-corrected chi connectivity index (χ0v) is 17.0.